The quantitative estimate of drug-likeness (QED) is 0.386. The number of nitro benzene ring substituents is 1. The maximum atomic E-state index is 11.7. The number of phenols is 1. The molecule has 1 fully saturated rings. The van der Waals surface area contributed by atoms with Crippen molar-refractivity contribution < 1.29 is 10.0 Å². The smallest absolute Gasteiger partial charge is 0.279 e. The third kappa shape index (κ3) is 2.82. The van der Waals surface area contributed by atoms with Crippen LogP contribution in [0.2, 0.25) is 0 Å². The summed E-state index contributed by atoms with van der Waals surface area (Å²) in [5.74, 6) is 0.589. The summed E-state index contributed by atoms with van der Waals surface area (Å²) in [6.07, 6.45) is 4.49. The van der Waals surface area contributed by atoms with Crippen molar-refractivity contribution >= 4 is 16.6 Å². The van der Waals surface area contributed by atoms with Gasteiger partial charge >= 0.3 is 0 Å². The second-order valence-electron chi connectivity index (χ2n) is 8.62. The topological polar surface area (TPSA) is 82.4 Å². The fourth-order valence-corrected chi connectivity index (χ4v) is 5.72. The van der Waals surface area contributed by atoms with Crippen LogP contribution in [0.4, 0.5) is 5.69 Å². The Kier molecular flexibility index (Phi) is 4.40. The molecule has 6 heteroatoms. The minimum absolute atomic E-state index is 0.0981. The molecule has 0 spiro atoms. The Hall–Kier alpha value is -3.12. The number of fused-ring (bicyclic) bond motifs is 4. The van der Waals surface area contributed by atoms with Gasteiger partial charge in [-0.3, -0.25) is 15.0 Å². The van der Waals surface area contributed by atoms with Crippen LogP contribution >= 0.6 is 0 Å². The van der Waals surface area contributed by atoms with Gasteiger partial charge in [0.2, 0.25) is 0 Å². The van der Waals surface area contributed by atoms with Gasteiger partial charge in [0.05, 0.1) is 15.8 Å². The molecule has 2 aromatic carbocycles. The van der Waals surface area contributed by atoms with Crippen molar-refractivity contribution in [1.29, 1.82) is 0 Å². The lowest BCUT2D eigenvalue weighted by atomic mass is 9.58. The number of non-ortho nitro benzene ring substituents is 1. The summed E-state index contributed by atoms with van der Waals surface area (Å²) in [4.78, 5) is 17.3. The van der Waals surface area contributed by atoms with E-state index in [0.29, 0.717) is 5.92 Å². The predicted molar refractivity (Wildman–Crippen MR) is 117 cm³/mol. The number of piperidine rings is 1. The number of rotatable bonds is 4. The molecule has 2 unspecified atom stereocenters. The van der Waals surface area contributed by atoms with Crippen molar-refractivity contribution in [2.45, 2.75) is 24.7 Å². The number of hydrogen-bond acceptors (Lipinski definition) is 4. The normalized spacial score (nSPS) is 23.7. The van der Waals surface area contributed by atoms with Gasteiger partial charge in [-0.05, 0) is 61.1 Å². The van der Waals surface area contributed by atoms with Crippen LogP contribution in [0.1, 0.15) is 23.2 Å². The van der Waals surface area contributed by atoms with Gasteiger partial charge in [0.25, 0.3) is 5.69 Å². The average molecular weight is 403 g/mol. The highest BCUT2D eigenvalue weighted by atomic mass is 16.6. The van der Waals surface area contributed by atoms with Crippen molar-refractivity contribution in [2.24, 2.45) is 5.92 Å². The lowest BCUT2D eigenvalue weighted by Crippen LogP contribution is -2.53. The molecule has 1 saturated heterocycles. The summed E-state index contributed by atoms with van der Waals surface area (Å²) in [6.45, 7) is 6.61. The van der Waals surface area contributed by atoms with Gasteiger partial charge < -0.3 is 10.1 Å². The Morgan fingerprint density at radius 2 is 2.17 bits per heavy atom. The van der Waals surface area contributed by atoms with Gasteiger partial charge in [0, 0.05) is 30.3 Å². The molecule has 6 nitrogen and oxygen atoms in total. The van der Waals surface area contributed by atoms with E-state index in [-0.39, 0.29) is 21.8 Å². The van der Waals surface area contributed by atoms with Crippen LogP contribution in [0.5, 0.6) is 5.75 Å². The number of phenolic OH excluding ortho intramolecular Hbond substituents is 1. The average Bonchev–Trinajstić information content (AvgIpc) is 3.09. The zero-order chi connectivity index (χ0) is 20.9. The number of nitro groups is 1. The van der Waals surface area contributed by atoms with Crippen LogP contribution in [0.15, 0.2) is 55.1 Å². The Morgan fingerprint density at radius 3 is 2.93 bits per heavy atom. The molecule has 1 aliphatic carbocycles. The summed E-state index contributed by atoms with van der Waals surface area (Å²) >= 11 is 0. The van der Waals surface area contributed by atoms with Crippen LogP contribution in [-0.2, 0) is 18.3 Å². The molecule has 30 heavy (non-hydrogen) atoms. The Morgan fingerprint density at radius 1 is 1.33 bits per heavy atom. The van der Waals surface area contributed by atoms with Crippen molar-refractivity contribution in [1.82, 2.24) is 9.88 Å². The zero-order valence-corrected chi connectivity index (χ0v) is 16.8. The van der Waals surface area contributed by atoms with E-state index in [1.807, 2.05) is 24.3 Å². The first-order chi connectivity index (χ1) is 14.5. The van der Waals surface area contributed by atoms with E-state index in [4.69, 9.17) is 0 Å². The summed E-state index contributed by atoms with van der Waals surface area (Å²) < 4.78 is 0. The first kappa shape index (κ1) is 18.9. The molecule has 0 amide bonds. The molecule has 0 bridgehead atoms. The van der Waals surface area contributed by atoms with E-state index in [1.165, 1.54) is 0 Å². The van der Waals surface area contributed by atoms with Crippen LogP contribution in [0, 0.1) is 16.0 Å². The van der Waals surface area contributed by atoms with E-state index in [2.05, 4.69) is 22.5 Å². The fourth-order valence-electron chi connectivity index (χ4n) is 5.72. The SMILES string of the molecule is C=CCN1CCC2(c3cccc(O)c3)Cc3[nH]c4cccc([N+](=O)[O-])c4c3CC2C1. The maximum absolute atomic E-state index is 11.7. The highest BCUT2D eigenvalue weighted by Crippen LogP contribution is 2.50. The van der Waals surface area contributed by atoms with Crippen LogP contribution in [-0.4, -0.2) is 39.5 Å². The summed E-state index contributed by atoms with van der Waals surface area (Å²) in [7, 11) is 0. The molecular weight excluding hydrogens is 378 g/mol. The van der Waals surface area contributed by atoms with Gasteiger partial charge in [0.1, 0.15) is 5.75 Å². The zero-order valence-electron chi connectivity index (χ0n) is 16.8. The maximum Gasteiger partial charge on any atom is 0.279 e. The van der Waals surface area contributed by atoms with Crippen LogP contribution in [0.25, 0.3) is 10.9 Å². The predicted octanol–water partition coefficient (Wildman–Crippen LogP) is 4.33. The number of nitrogens with one attached hydrogen (secondary N) is 1. The third-order valence-electron chi connectivity index (χ3n) is 7.08. The largest absolute Gasteiger partial charge is 0.508 e. The minimum atomic E-state index is -0.279. The molecular formula is C24H25N3O3. The van der Waals surface area contributed by atoms with Crippen molar-refractivity contribution in [3.8, 4) is 5.75 Å². The van der Waals surface area contributed by atoms with Crippen molar-refractivity contribution in [3.63, 3.8) is 0 Å². The standard InChI is InChI=1S/C24H25N3O3/c1-2-10-26-11-9-24(16-5-3-6-18(28)12-16)14-21-19(13-17(24)15-26)23-20(25-21)7-4-8-22(23)27(29)30/h2-8,12,17,25,28H,1,9-11,13-15H2. The highest BCUT2D eigenvalue weighted by molar-refractivity contribution is 5.93. The number of likely N-dealkylation sites (tertiary alicyclic amines) is 1. The molecule has 5 rings (SSSR count). The van der Waals surface area contributed by atoms with E-state index < -0.39 is 0 Å². The molecule has 1 aromatic heterocycles. The molecule has 2 aliphatic rings. The molecule has 2 atom stereocenters. The van der Waals surface area contributed by atoms with Gasteiger partial charge in [-0.15, -0.1) is 6.58 Å². The number of aromatic amines is 1. The lowest BCUT2D eigenvalue weighted by Gasteiger charge is -2.51. The third-order valence-corrected chi connectivity index (χ3v) is 7.08. The van der Waals surface area contributed by atoms with Crippen LogP contribution < -0.4 is 0 Å². The minimum Gasteiger partial charge on any atom is -0.508 e. The van der Waals surface area contributed by atoms with E-state index in [0.717, 1.165) is 66.6 Å². The molecule has 2 N–H and O–H groups in total. The Balaban J connectivity index is 1.67. The van der Waals surface area contributed by atoms with E-state index in [1.54, 1.807) is 18.2 Å². The first-order valence-electron chi connectivity index (χ1n) is 10.4. The van der Waals surface area contributed by atoms with Crippen molar-refractivity contribution in [3.05, 3.63) is 82.1 Å². The molecule has 0 radical (unpaired) electrons. The molecule has 2 heterocycles. The van der Waals surface area contributed by atoms with Gasteiger partial charge in [-0.1, -0.05) is 24.3 Å². The molecule has 3 aromatic rings. The van der Waals surface area contributed by atoms with Gasteiger partial charge in [-0.25, -0.2) is 0 Å². The number of hydrogen-bond donors (Lipinski definition) is 2. The second-order valence-corrected chi connectivity index (χ2v) is 8.62. The van der Waals surface area contributed by atoms with E-state index in [9.17, 15) is 15.2 Å². The number of nitrogens with zero attached hydrogens (tertiary/aromatic N) is 2. The number of aromatic nitrogens is 1. The number of aromatic hydroxyl groups is 1. The summed E-state index contributed by atoms with van der Waals surface area (Å²) in [6, 6.07) is 12.9. The molecule has 154 valence electrons. The van der Waals surface area contributed by atoms with Gasteiger partial charge in [0.15, 0.2) is 0 Å². The van der Waals surface area contributed by atoms with Crippen LogP contribution in [0.3, 0.4) is 0 Å². The fraction of sp³-hybridized carbons (Fsp3) is 0.333. The highest BCUT2D eigenvalue weighted by Gasteiger charge is 2.48. The lowest BCUT2D eigenvalue weighted by molar-refractivity contribution is -0.383. The number of H-pyrrole nitrogens is 1. The van der Waals surface area contributed by atoms with Gasteiger partial charge in [-0.2, -0.15) is 0 Å². The summed E-state index contributed by atoms with van der Waals surface area (Å²) in [5, 5.41) is 22.6. The Labute approximate surface area is 175 Å². The first-order valence-corrected chi connectivity index (χ1v) is 10.4. The Bertz CT molecular complexity index is 1150. The van der Waals surface area contributed by atoms with E-state index >= 15 is 0 Å². The monoisotopic (exact) mass is 403 g/mol. The van der Waals surface area contributed by atoms with Crippen molar-refractivity contribution in [2.75, 3.05) is 19.6 Å². The number of benzene rings is 2. The molecule has 1 aliphatic heterocycles. The molecule has 0 saturated carbocycles. The summed E-state index contributed by atoms with van der Waals surface area (Å²) in [5.41, 5.74) is 4.24. The second kappa shape index (κ2) is 6.99.